The van der Waals surface area contributed by atoms with Crippen molar-refractivity contribution < 1.29 is 95.9 Å². The number of nitrogens with two attached hydrogens (primary N) is 4. The maximum Gasteiger partial charge on any atom is 0.490 e. The summed E-state index contributed by atoms with van der Waals surface area (Å²) in [6, 6.07) is -4.63. The number of carboxylic acids is 1. The highest BCUT2D eigenvalue weighted by Crippen LogP contribution is 2.14. The van der Waals surface area contributed by atoms with Gasteiger partial charge in [-0.3, -0.25) is 57.5 Å². The van der Waals surface area contributed by atoms with Crippen molar-refractivity contribution in [3.8, 4) is 0 Å². The van der Waals surface area contributed by atoms with Gasteiger partial charge in [0.1, 0.15) is 48.3 Å². The van der Waals surface area contributed by atoms with E-state index in [0.717, 1.165) is 0 Å². The van der Waals surface area contributed by atoms with E-state index < -0.39 is 183 Å². The molecule has 30 nitrogen and oxygen atoms in total. The summed E-state index contributed by atoms with van der Waals surface area (Å²) in [7, 11) is 0. The molecule has 0 saturated carbocycles. The number of benzene rings is 1. The number of rotatable bonds is 33. The zero-order valence-corrected chi connectivity index (χ0v) is 43.8. The molecule has 0 aliphatic rings. The second-order valence-corrected chi connectivity index (χ2v) is 18.2. The number of aliphatic hydroxyl groups is 3. The Labute approximate surface area is 450 Å². The number of aliphatic carboxylic acids is 1. The monoisotopic (exact) mass is 1140 g/mol. The van der Waals surface area contributed by atoms with Gasteiger partial charge in [0.2, 0.25) is 70.9 Å². The number of halogens is 3. The van der Waals surface area contributed by atoms with Gasteiger partial charge in [0.15, 0.2) is 0 Å². The topological polar surface area (TPSA) is 515 Å². The summed E-state index contributed by atoms with van der Waals surface area (Å²) in [5.41, 5.74) is 21.7. The third-order valence-corrected chi connectivity index (χ3v) is 11.0. The fourth-order valence-electron chi connectivity index (χ4n) is 6.62. The molecule has 0 aromatic heterocycles. The number of carboxylic acid groups (broad SMARTS) is 1. The van der Waals surface area contributed by atoms with E-state index >= 15 is 0 Å². The Morgan fingerprint density at radius 3 is 1.48 bits per heavy atom. The maximum atomic E-state index is 13.8. The molecule has 0 bridgehead atoms. The molecular weight excluding hydrogens is 1060 g/mol. The van der Waals surface area contributed by atoms with Gasteiger partial charge in [-0.2, -0.15) is 13.2 Å². The molecular formula is C46H72F3N13O17. The van der Waals surface area contributed by atoms with Crippen LogP contribution in [-0.4, -0.2) is 184 Å². The lowest BCUT2D eigenvalue weighted by Crippen LogP contribution is -2.59. The van der Waals surface area contributed by atoms with Crippen molar-refractivity contribution in [3.63, 3.8) is 0 Å². The lowest BCUT2D eigenvalue weighted by atomic mass is 9.95. The molecule has 0 fully saturated rings. The second-order valence-electron chi connectivity index (χ2n) is 18.2. The van der Waals surface area contributed by atoms with E-state index in [4.69, 9.17) is 32.8 Å². The zero-order valence-electron chi connectivity index (χ0n) is 43.8. The summed E-state index contributed by atoms with van der Waals surface area (Å²) >= 11 is 0. The van der Waals surface area contributed by atoms with E-state index in [2.05, 4.69) is 47.9 Å². The lowest BCUT2D eigenvalue weighted by Gasteiger charge is -2.28. The van der Waals surface area contributed by atoms with Gasteiger partial charge in [-0.1, -0.05) is 64.4 Å². The number of hydrogen-bond acceptors (Lipinski definition) is 17. The smallest absolute Gasteiger partial charge is 0.475 e. The van der Waals surface area contributed by atoms with Crippen LogP contribution in [-0.2, 0) is 68.7 Å². The van der Waals surface area contributed by atoms with E-state index in [1.807, 2.05) is 13.8 Å². The Morgan fingerprint density at radius 2 is 1.04 bits per heavy atom. The Hall–Kier alpha value is -8.04. The SMILES string of the molecule is CC[C@H](C)[C@H](NC(=O)[C@H](C)NC(=O)CNC(=O)[C@H](Cc1ccccc1)NC(=O)[C@H](CC(N)=O)NC(=O)[C@H](CC(N)=O)NC(=O)[C@@H](N)CO)C(=O)N[C@H](CC(=O)N[C@@H](CO)C(=O)N[C@@H](CO)C(N)=O)CC(C)C.O=C(O)C(F)(F)F. The van der Waals surface area contributed by atoms with Crippen LogP contribution in [0.25, 0.3) is 0 Å². The van der Waals surface area contributed by atoms with Crippen LogP contribution in [0.4, 0.5) is 13.2 Å². The molecule has 0 aliphatic carbocycles. The van der Waals surface area contributed by atoms with Crippen molar-refractivity contribution >= 4 is 76.9 Å². The van der Waals surface area contributed by atoms with Crippen LogP contribution in [0.5, 0.6) is 0 Å². The summed E-state index contributed by atoms with van der Waals surface area (Å²) in [4.78, 5) is 163. The first-order chi connectivity index (χ1) is 36.7. The van der Waals surface area contributed by atoms with Crippen LogP contribution in [0.1, 0.15) is 72.3 Å². The molecule has 1 aromatic rings. The Bertz CT molecular complexity index is 2280. The zero-order chi connectivity index (χ0) is 60.9. The van der Waals surface area contributed by atoms with Gasteiger partial charge in [-0.25, -0.2) is 4.79 Å². The average Bonchev–Trinajstić information content (AvgIpc) is 3.36. The molecule has 33 heteroatoms. The molecule has 79 heavy (non-hydrogen) atoms. The highest BCUT2D eigenvalue weighted by molar-refractivity contribution is 5.99. The molecule has 10 atom stereocenters. The molecule has 0 unspecified atom stereocenters. The van der Waals surface area contributed by atoms with Crippen molar-refractivity contribution in [3.05, 3.63) is 35.9 Å². The second kappa shape index (κ2) is 35.4. The van der Waals surface area contributed by atoms with Crippen LogP contribution >= 0.6 is 0 Å². The summed E-state index contributed by atoms with van der Waals surface area (Å²) in [6.07, 6.45) is -6.63. The number of carbonyl (C=O) groups is 13. The minimum absolute atomic E-state index is 0.0700. The minimum atomic E-state index is -5.08. The van der Waals surface area contributed by atoms with E-state index in [1.165, 1.54) is 6.92 Å². The molecule has 0 spiro atoms. The number of carbonyl (C=O) groups excluding carboxylic acids is 12. The Morgan fingerprint density at radius 1 is 0.557 bits per heavy atom. The number of primary amides is 3. The standard InChI is InChI=1S/C44H71N13O15.C2HF3O2/c1-6-22(4)36(44(72)51-25(12-21(2)3)14-34(63)52-31(20-60)43(71)56-30(19-59)37(48)65)57-38(66)23(5)50-35(64)17-49-40(68)27(13-24-10-8-7-9-11-24)54-42(70)29(16-33(47)62)55-41(69)28(15-32(46)61)53-39(67)26(45)18-58;3-2(4,5)1(6)7/h7-11,21-23,25-31,36,58-60H,6,12-20,45H2,1-5H3,(H2,46,61)(H2,47,62)(H2,48,65)(H,49,68)(H,50,64)(H,51,72)(H,52,63)(H,53,67)(H,54,70)(H,55,69)(H,56,71)(H,57,66);(H,6,7)/t22-,23-,25-,26-,27-,28-,29-,30-,31-,36-;/m0./s1. The molecule has 0 saturated heterocycles. The summed E-state index contributed by atoms with van der Waals surface area (Å²) in [5.74, 6) is -15.0. The van der Waals surface area contributed by atoms with Crippen LogP contribution in [0.3, 0.4) is 0 Å². The van der Waals surface area contributed by atoms with E-state index in [1.54, 1.807) is 44.2 Å². The normalized spacial score (nSPS) is 14.8. The largest absolute Gasteiger partial charge is 0.490 e. The van der Waals surface area contributed by atoms with Crippen molar-refractivity contribution in [2.24, 2.45) is 34.8 Å². The van der Waals surface area contributed by atoms with Gasteiger partial charge in [0, 0.05) is 18.9 Å². The van der Waals surface area contributed by atoms with Crippen molar-refractivity contribution in [2.75, 3.05) is 26.4 Å². The van der Waals surface area contributed by atoms with E-state index in [9.17, 15) is 86.0 Å². The highest BCUT2D eigenvalue weighted by Gasteiger charge is 2.38. The van der Waals surface area contributed by atoms with Crippen molar-refractivity contribution in [1.29, 1.82) is 0 Å². The van der Waals surface area contributed by atoms with Crippen molar-refractivity contribution in [2.45, 2.75) is 134 Å². The number of aliphatic hydroxyl groups excluding tert-OH is 3. The first-order valence-electron chi connectivity index (χ1n) is 24.2. The van der Waals surface area contributed by atoms with Crippen LogP contribution in [0, 0.1) is 11.8 Å². The van der Waals surface area contributed by atoms with Gasteiger partial charge < -0.3 is 91.2 Å². The fourth-order valence-corrected chi connectivity index (χ4v) is 6.62. The van der Waals surface area contributed by atoms with Gasteiger partial charge in [0.25, 0.3) is 0 Å². The minimum Gasteiger partial charge on any atom is -0.475 e. The van der Waals surface area contributed by atoms with Gasteiger partial charge in [-0.15, -0.1) is 0 Å². The predicted molar refractivity (Wildman–Crippen MR) is 268 cm³/mol. The number of hydrogen-bond donors (Lipinski definition) is 17. The number of nitrogens with one attached hydrogen (secondary N) is 9. The van der Waals surface area contributed by atoms with Crippen LogP contribution in [0.2, 0.25) is 0 Å². The number of alkyl halides is 3. The maximum absolute atomic E-state index is 13.8. The summed E-state index contributed by atoms with van der Waals surface area (Å²) < 4.78 is 31.7. The quantitative estimate of drug-likeness (QED) is 0.0311. The predicted octanol–water partition coefficient (Wildman–Crippen LogP) is -7.10. The molecule has 444 valence electrons. The van der Waals surface area contributed by atoms with Crippen molar-refractivity contribution in [1.82, 2.24) is 47.9 Å². The molecule has 1 aromatic carbocycles. The molecule has 12 amide bonds. The first-order valence-corrected chi connectivity index (χ1v) is 24.2. The summed E-state index contributed by atoms with van der Waals surface area (Å²) in [6.45, 7) is 5.09. The van der Waals surface area contributed by atoms with Crippen LogP contribution < -0.4 is 70.8 Å². The van der Waals surface area contributed by atoms with Gasteiger partial charge in [-0.05, 0) is 30.7 Å². The molecule has 1 rings (SSSR count). The first kappa shape index (κ1) is 71.0. The number of amides is 12. The fraction of sp³-hybridized carbons (Fsp3) is 0.587. The molecule has 0 aliphatic heterocycles. The van der Waals surface area contributed by atoms with Crippen LogP contribution in [0.15, 0.2) is 30.3 Å². The van der Waals surface area contributed by atoms with E-state index in [0.29, 0.717) is 12.0 Å². The third-order valence-electron chi connectivity index (χ3n) is 11.0. The van der Waals surface area contributed by atoms with E-state index in [-0.39, 0.29) is 25.2 Å². The van der Waals surface area contributed by atoms with Gasteiger partial charge in [0.05, 0.1) is 39.2 Å². The molecule has 0 heterocycles. The molecule has 21 N–H and O–H groups in total. The Kier molecular flexibility index (Phi) is 31.8. The summed E-state index contributed by atoms with van der Waals surface area (Å²) in [5, 5.41) is 56.7. The molecule has 0 radical (unpaired) electrons. The Balaban J connectivity index is 0.00000809. The lowest BCUT2D eigenvalue weighted by molar-refractivity contribution is -0.192. The highest BCUT2D eigenvalue weighted by atomic mass is 19.4. The van der Waals surface area contributed by atoms with Gasteiger partial charge >= 0.3 is 12.1 Å². The average molecular weight is 1140 g/mol. The third kappa shape index (κ3) is 28.2.